The zero-order valence-corrected chi connectivity index (χ0v) is 39.4. The minimum atomic E-state index is -0.925. The second-order valence-electron chi connectivity index (χ2n) is 18.7. The Hall–Kier alpha value is -5.12. The van der Waals surface area contributed by atoms with Crippen LogP contribution in [0, 0.1) is 17.3 Å². The first-order valence-electron chi connectivity index (χ1n) is 22.2. The van der Waals surface area contributed by atoms with Gasteiger partial charge in [-0.05, 0) is 96.8 Å². The number of aryl methyl sites for hydroxylation is 1. The lowest BCUT2D eigenvalue weighted by atomic mass is 9.84. The number of aromatic nitrogens is 3. The molecule has 15 nitrogen and oxygen atoms in total. The van der Waals surface area contributed by atoms with Crippen LogP contribution in [0.5, 0.6) is 0 Å². The van der Waals surface area contributed by atoms with Crippen molar-refractivity contribution in [1.82, 2.24) is 39.6 Å². The first-order valence-corrected chi connectivity index (χ1v) is 23.1. The van der Waals surface area contributed by atoms with E-state index in [9.17, 15) is 24.3 Å². The molecule has 17 heteroatoms. The fraction of sp³-hybridized carbons (Fsp3) is 0.532. The predicted octanol–water partition coefficient (Wildman–Crippen LogP) is 3.77. The molecule has 6 heterocycles. The van der Waals surface area contributed by atoms with E-state index in [1.54, 1.807) is 26.0 Å². The van der Waals surface area contributed by atoms with Crippen molar-refractivity contribution in [2.75, 3.05) is 46.9 Å². The monoisotopic (exact) mass is 892 g/mol. The third-order valence-corrected chi connectivity index (χ3v) is 13.6. The van der Waals surface area contributed by atoms with Crippen LogP contribution in [-0.4, -0.2) is 142 Å². The topological polar surface area (TPSA) is 163 Å². The van der Waals surface area contributed by atoms with Crippen LogP contribution in [-0.2, 0) is 48.0 Å². The van der Waals surface area contributed by atoms with Crippen molar-refractivity contribution >= 4 is 53.9 Å². The summed E-state index contributed by atoms with van der Waals surface area (Å²) in [6.45, 7) is 13.9. The Bertz CT molecular complexity index is 2460. The molecule has 1 aromatic carbocycles. The van der Waals surface area contributed by atoms with E-state index in [4.69, 9.17) is 14.5 Å². The minimum absolute atomic E-state index is 0.0301. The molecule has 2 N–H and O–H groups in total. The number of likely N-dealkylation sites (tertiary alicyclic amines) is 1. The lowest BCUT2D eigenvalue weighted by Gasteiger charge is -2.38. The van der Waals surface area contributed by atoms with Crippen molar-refractivity contribution in [3.63, 3.8) is 0 Å². The lowest BCUT2D eigenvalue weighted by molar-refractivity contribution is -0.156. The summed E-state index contributed by atoms with van der Waals surface area (Å²) >= 11 is 1.43. The van der Waals surface area contributed by atoms with Gasteiger partial charge in [0.2, 0.25) is 13.9 Å². The predicted molar refractivity (Wildman–Crippen MR) is 248 cm³/mol. The number of nitrogens with zero attached hydrogens (tertiary/aromatic N) is 7. The zero-order chi connectivity index (χ0) is 46.1. The standard InChI is InChI=1S/C47H61BN8O7S/c1-9-54-37-15-14-30-22-33(37)34(43(54)32-12-10-19-49-42(32)29(2)57)24-46(3,4)28-63-45(61)35-13-11-20-55(51-35)44(60)38(23-39-50-36(30)27-64-39)56(48)41(59)17-21-62-31-25-53(26-31)40(58)16-18-47(5,6)52(7)8/h10,12,14-15,19,22,27,29,31,35,38,51,57H,9,11,13,17,20-21,23-26,28,48H2,1-8H3/t29-,35-,38-/m0/s1. The molecule has 4 aromatic rings. The molecule has 3 atom stereocenters. The van der Waals surface area contributed by atoms with Gasteiger partial charge < -0.3 is 28.9 Å². The molecule has 7 rings (SSSR count). The van der Waals surface area contributed by atoms with Gasteiger partial charge in [-0.2, -0.15) is 0 Å². The summed E-state index contributed by atoms with van der Waals surface area (Å²) in [5.41, 5.74) is 8.31. The molecule has 3 aliphatic heterocycles. The molecule has 340 valence electrons. The molecule has 2 fully saturated rings. The maximum Gasteiger partial charge on any atom is 0.324 e. The quantitative estimate of drug-likeness (QED) is 0.143. The molecule has 3 aliphatic rings. The maximum absolute atomic E-state index is 14.5. The van der Waals surface area contributed by atoms with E-state index in [0.717, 1.165) is 39.0 Å². The summed E-state index contributed by atoms with van der Waals surface area (Å²) in [6.07, 6.45) is 2.49. The SMILES string of the molecule is BN(C(=O)CCOC1CN(C(=O)C#CC(C)(C)N(C)C)C1)[C@H]1Cc2nc(cs2)-c2ccc3c(c2)c(c(-c2cccnc2[C@H](C)O)n3CC)CC(C)(C)COC(=O)[C@@H]2CCCN(N2)C1=O. The van der Waals surface area contributed by atoms with E-state index in [2.05, 4.69) is 65.8 Å². The van der Waals surface area contributed by atoms with Crippen LogP contribution >= 0.6 is 11.3 Å². The minimum Gasteiger partial charge on any atom is -0.464 e. The van der Waals surface area contributed by atoms with Crippen LogP contribution in [0.1, 0.15) is 83.2 Å². The van der Waals surface area contributed by atoms with E-state index in [1.807, 2.05) is 50.4 Å². The van der Waals surface area contributed by atoms with Crippen LogP contribution < -0.4 is 5.43 Å². The number of hydrogen-bond donors (Lipinski definition) is 2. The van der Waals surface area contributed by atoms with Gasteiger partial charge >= 0.3 is 5.97 Å². The lowest BCUT2D eigenvalue weighted by Crippen LogP contribution is -2.61. The Balaban J connectivity index is 1.16. The molecule has 0 saturated carbocycles. The highest BCUT2D eigenvalue weighted by Crippen LogP contribution is 2.41. The van der Waals surface area contributed by atoms with Gasteiger partial charge in [0.05, 0.1) is 53.1 Å². The third kappa shape index (κ3) is 10.1. The van der Waals surface area contributed by atoms with Crippen molar-refractivity contribution < 1.29 is 33.8 Å². The first kappa shape index (κ1) is 46.9. The number of hydrazine groups is 1. The smallest absolute Gasteiger partial charge is 0.324 e. The number of fused-ring (bicyclic) bond motifs is 6. The summed E-state index contributed by atoms with van der Waals surface area (Å²) < 4.78 is 14.3. The van der Waals surface area contributed by atoms with E-state index in [0.29, 0.717) is 56.1 Å². The fourth-order valence-corrected chi connectivity index (χ4v) is 9.24. The number of ether oxygens (including phenoxy) is 2. The first-order chi connectivity index (χ1) is 30.4. The molecule has 3 aromatic heterocycles. The number of rotatable bonds is 9. The van der Waals surface area contributed by atoms with E-state index >= 15 is 0 Å². The highest BCUT2D eigenvalue weighted by atomic mass is 32.1. The van der Waals surface area contributed by atoms with Crippen LogP contribution in [0.15, 0.2) is 41.9 Å². The Kier molecular flexibility index (Phi) is 14.0. The number of carbonyl (C=O) groups excluding carboxylic acids is 4. The van der Waals surface area contributed by atoms with E-state index < -0.39 is 35.1 Å². The number of aliphatic hydroxyl groups excluding tert-OH is 1. The molecule has 2 saturated heterocycles. The van der Waals surface area contributed by atoms with Crippen LogP contribution in [0.4, 0.5) is 0 Å². The number of cyclic esters (lactones) is 1. The largest absolute Gasteiger partial charge is 0.464 e. The van der Waals surface area contributed by atoms with Crippen molar-refractivity contribution in [3.8, 4) is 34.4 Å². The van der Waals surface area contributed by atoms with Crippen molar-refractivity contribution in [2.24, 2.45) is 5.41 Å². The van der Waals surface area contributed by atoms with E-state index in [1.165, 1.54) is 21.2 Å². The summed E-state index contributed by atoms with van der Waals surface area (Å²) in [7, 11) is 5.45. The fourth-order valence-electron chi connectivity index (χ4n) is 8.40. The van der Waals surface area contributed by atoms with E-state index in [-0.39, 0.29) is 49.9 Å². The summed E-state index contributed by atoms with van der Waals surface area (Å²) in [5, 5.41) is 16.0. The molecule has 0 radical (unpaired) electrons. The number of nitrogens with one attached hydrogen (secondary N) is 1. The second kappa shape index (κ2) is 19.2. The van der Waals surface area contributed by atoms with Gasteiger partial charge in [0, 0.05) is 78.0 Å². The highest BCUT2D eigenvalue weighted by molar-refractivity contribution is 7.10. The number of hydrogen-bond acceptors (Lipinski definition) is 12. The van der Waals surface area contributed by atoms with Gasteiger partial charge in [0.1, 0.15) is 12.1 Å². The average Bonchev–Trinajstić information content (AvgIpc) is 3.85. The number of aliphatic hydroxyl groups is 1. The molecular weight excluding hydrogens is 831 g/mol. The molecule has 0 unspecified atom stereocenters. The van der Waals surface area contributed by atoms with Gasteiger partial charge in [-0.3, -0.25) is 34.1 Å². The molecule has 0 spiro atoms. The molecule has 0 aliphatic carbocycles. The summed E-state index contributed by atoms with van der Waals surface area (Å²) in [5.74, 6) is 4.44. The van der Waals surface area contributed by atoms with Crippen molar-refractivity contribution in [1.29, 1.82) is 0 Å². The normalized spacial score (nSPS) is 20.0. The zero-order valence-electron chi connectivity index (χ0n) is 38.6. The van der Waals surface area contributed by atoms with Crippen molar-refractivity contribution in [2.45, 2.75) is 110 Å². The summed E-state index contributed by atoms with van der Waals surface area (Å²) in [6, 6.07) is 8.52. The highest BCUT2D eigenvalue weighted by Gasteiger charge is 2.38. The number of carbonyl (C=O) groups is 4. The van der Waals surface area contributed by atoms with Gasteiger partial charge in [-0.1, -0.05) is 25.8 Å². The summed E-state index contributed by atoms with van der Waals surface area (Å²) in [4.78, 5) is 69.4. The molecule has 3 amide bonds. The maximum atomic E-state index is 14.5. The van der Waals surface area contributed by atoms with Crippen LogP contribution in [0.25, 0.3) is 33.4 Å². The Morgan fingerprint density at radius 3 is 2.69 bits per heavy atom. The number of benzene rings is 1. The number of amides is 3. The number of esters is 1. The molecule has 64 heavy (non-hydrogen) atoms. The average molecular weight is 893 g/mol. The van der Waals surface area contributed by atoms with Gasteiger partial charge in [0.25, 0.3) is 11.8 Å². The van der Waals surface area contributed by atoms with Gasteiger partial charge in [-0.15, -0.1) is 11.3 Å². The number of thiazole rings is 1. The van der Waals surface area contributed by atoms with Crippen molar-refractivity contribution in [3.05, 3.63) is 58.2 Å². The van der Waals surface area contributed by atoms with Crippen LogP contribution in [0.3, 0.4) is 0 Å². The third-order valence-electron chi connectivity index (χ3n) is 12.7. The molecule has 6 bridgehead atoms. The Labute approximate surface area is 380 Å². The Morgan fingerprint density at radius 2 is 1.97 bits per heavy atom. The second-order valence-corrected chi connectivity index (χ2v) is 19.6. The van der Waals surface area contributed by atoms with Crippen LogP contribution in [0.2, 0.25) is 0 Å². The number of pyridine rings is 1. The Morgan fingerprint density at radius 1 is 1.20 bits per heavy atom. The van der Waals surface area contributed by atoms with Gasteiger partial charge in [0.15, 0.2) is 0 Å². The van der Waals surface area contributed by atoms with Gasteiger partial charge in [-0.25, -0.2) is 10.4 Å². The molecular formula is C47H61BN8O7S.